The molecule has 0 atom stereocenters. The standard InChI is InChI=1S/FHN2S/c1-4-3-2/h2H. The molecule has 0 aliphatic carbocycles. The normalized spacial score (nSPS) is 6.25. The first-order valence-electron chi connectivity index (χ1n) is 0.560. The Kier molecular flexibility index (Phi) is 2.79. The molecule has 0 aromatic rings. The van der Waals surface area contributed by atoms with E-state index in [4.69, 9.17) is 5.53 Å². The molecule has 4 heavy (non-hydrogen) atoms. The molecule has 0 saturated carbocycles. The maximum Gasteiger partial charge on any atom is 0.207 e. The largest absolute Gasteiger partial charge is 0.207 e. The molecule has 0 aliphatic heterocycles. The number of hydrogen-bond acceptors (Lipinski definition) is 3. The van der Waals surface area contributed by atoms with Gasteiger partial charge >= 0.3 is 0 Å². The average molecular weight is 80.1 g/mol. The lowest BCUT2D eigenvalue weighted by Crippen LogP contribution is -1.12. The van der Waals surface area contributed by atoms with E-state index >= 15 is 0 Å². The zero-order valence-corrected chi connectivity index (χ0v) is 2.55. The van der Waals surface area contributed by atoms with Crippen molar-refractivity contribution in [3.05, 3.63) is 0 Å². The molecular formula is HFN2S. The molecule has 0 amide bonds. The summed E-state index contributed by atoms with van der Waals surface area (Å²) in [5.74, 6) is 0. The molecule has 0 radical (unpaired) electrons. The van der Waals surface area contributed by atoms with Crippen molar-refractivity contribution < 1.29 is 3.89 Å². The van der Waals surface area contributed by atoms with Gasteiger partial charge in [-0.1, -0.05) is 4.52 Å². The van der Waals surface area contributed by atoms with Crippen LogP contribution in [0.3, 0.4) is 0 Å². The van der Waals surface area contributed by atoms with Crippen molar-refractivity contribution in [2.75, 3.05) is 0 Å². The van der Waals surface area contributed by atoms with E-state index in [1.165, 1.54) is 0 Å². The minimum Gasteiger partial charge on any atom is -0.195 e. The first-order chi connectivity index (χ1) is 1.91. The lowest BCUT2D eigenvalue weighted by Gasteiger charge is -1.50. The van der Waals surface area contributed by atoms with Crippen LogP contribution in [-0.4, -0.2) is 0 Å². The molecule has 0 bridgehead atoms. The van der Waals surface area contributed by atoms with Crippen LogP contribution in [0.5, 0.6) is 0 Å². The molecule has 0 fully saturated rings. The maximum atomic E-state index is 10.3. The Labute approximate surface area is 27.3 Å². The maximum absolute atomic E-state index is 10.3. The molecule has 0 heterocycles. The van der Waals surface area contributed by atoms with Crippen LogP contribution >= 0.6 is 12.3 Å². The van der Waals surface area contributed by atoms with Crippen LogP contribution in [-0.2, 0) is 0 Å². The van der Waals surface area contributed by atoms with Gasteiger partial charge in [0.25, 0.3) is 0 Å². The zero-order valence-electron chi connectivity index (χ0n) is 1.73. The van der Waals surface area contributed by atoms with Gasteiger partial charge in [0.05, 0.1) is 0 Å². The van der Waals surface area contributed by atoms with Crippen LogP contribution in [0.1, 0.15) is 0 Å². The Morgan fingerprint density at radius 1 is 2.00 bits per heavy atom. The fourth-order valence-electron chi connectivity index (χ4n) is 0. The fourth-order valence-corrected chi connectivity index (χ4v) is 0. The van der Waals surface area contributed by atoms with Gasteiger partial charge in [-0.05, 0) is 0 Å². The summed E-state index contributed by atoms with van der Waals surface area (Å²) in [7, 11) is 0. The lowest BCUT2D eigenvalue weighted by atomic mass is 13.3. The van der Waals surface area contributed by atoms with Gasteiger partial charge in [-0.15, -0.1) is 3.89 Å². The van der Waals surface area contributed by atoms with Gasteiger partial charge in [-0.3, -0.25) is 0 Å². The van der Waals surface area contributed by atoms with Crippen LogP contribution in [0.4, 0.5) is 3.89 Å². The number of rotatable bonds is 1. The van der Waals surface area contributed by atoms with Gasteiger partial charge in [0.2, 0.25) is 12.3 Å². The van der Waals surface area contributed by atoms with Crippen molar-refractivity contribution in [3.8, 4) is 0 Å². The van der Waals surface area contributed by atoms with Crippen molar-refractivity contribution in [1.82, 2.24) is 0 Å². The van der Waals surface area contributed by atoms with E-state index in [1.54, 1.807) is 0 Å². The van der Waals surface area contributed by atoms with Gasteiger partial charge in [0.1, 0.15) is 0 Å². The third kappa shape index (κ3) is 1.88. The summed E-state index contributed by atoms with van der Waals surface area (Å²) in [6.45, 7) is 0. The smallest absolute Gasteiger partial charge is 0.195 e. The lowest BCUT2D eigenvalue weighted by molar-refractivity contribution is 0.928. The van der Waals surface area contributed by atoms with Gasteiger partial charge in [0.15, 0.2) is 0 Å². The van der Waals surface area contributed by atoms with E-state index in [1.807, 2.05) is 0 Å². The van der Waals surface area contributed by atoms with Crippen molar-refractivity contribution in [1.29, 1.82) is 5.53 Å². The number of hydrogen-bond donors (Lipinski definition) is 1. The van der Waals surface area contributed by atoms with Crippen LogP contribution < -0.4 is 0 Å². The molecule has 0 aromatic carbocycles. The van der Waals surface area contributed by atoms with Crippen molar-refractivity contribution >= 4 is 12.3 Å². The van der Waals surface area contributed by atoms with Gasteiger partial charge in [-0.2, -0.15) is 5.53 Å². The predicted octanol–water partition coefficient (Wildman–Crippen LogP) is 1.55. The topological polar surface area (TPSA) is 36.2 Å². The zero-order chi connectivity index (χ0) is 3.41. The van der Waals surface area contributed by atoms with Crippen LogP contribution in [0.25, 0.3) is 0 Å². The molecule has 0 aromatic heterocycles. The van der Waals surface area contributed by atoms with E-state index in [-0.39, 0.29) is 12.3 Å². The summed E-state index contributed by atoms with van der Waals surface area (Å²) in [4.78, 5) is 0. The van der Waals surface area contributed by atoms with Crippen LogP contribution in [0.15, 0.2) is 4.52 Å². The van der Waals surface area contributed by atoms with E-state index in [9.17, 15) is 3.89 Å². The molecule has 2 nitrogen and oxygen atoms in total. The summed E-state index contributed by atoms with van der Waals surface area (Å²) in [5, 5.41) is 0. The molecule has 0 spiro atoms. The minimum atomic E-state index is -0.352. The molecule has 4 heteroatoms. The Morgan fingerprint density at radius 2 is 2.25 bits per heavy atom. The Morgan fingerprint density at radius 3 is 2.25 bits per heavy atom. The summed E-state index contributed by atoms with van der Waals surface area (Å²) < 4.78 is 12.5. The molecule has 0 rings (SSSR count). The van der Waals surface area contributed by atoms with E-state index in [0.29, 0.717) is 0 Å². The monoisotopic (exact) mass is 80.0 g/mol. The number of nitrogens with one attached hydrogen (secondary N) is 1. The number of nitrogens with zero attached hydrogens (tertiary/aromatic N) is 1. The molecule has 24 valence electrons. The Hall–Kier alpha value is -0.120. The molecule has 0 aliphatic rings. The molecule has 0 unspecified atom stereocenters. The summed E-state index contributed by atoms with van der Waals surface area (Å²) in [6.07, 6.45) is 0. The van der Waals surface area contributed by atoms with Crippen LogP contribution in [0, 0.1) is 5.53 Å². The van der Waals surface area contributed by atoms with Gasteiger partial charge < -0.3 is 0 Å². The second-order valence-electron chi connectivity index (χ2n) is 0.160. The summed E-state index contributed by atoms with van der Waals surface area (Å²) in [6, 6.07) is 0. The minimum absolute atomic E-state index is 0.352. The third-order valence-electron chi connectivity index (χ3n) is 0.0345. The highest BCUT2D eigenvalue weighted by Crippen LogP contribution is 1.96. The molecule has 1 N–H and O–H groups in total. The fraction of sp³-hybridized carbons (Fsp3) is 0. The first-order valence-corrected chi connectivity index (χ1v) is 1.23. The van der Waals surface area contributed by atoms with Gasteiger partial charge in [0, 0.05) is 0 Å². The summed E-state index contributed by atoms with van der Waals surface area (Å²) in [5.41, 5.74) is 5.66. The van der Waals surface area contributed by atoms with Crippen molar-refractivity contribution in [3.63, 3.8) is 0 Å². The second kappa shape index (κ2) is 2.88. The quantitative estimate of drug-likeness (QED) is 0.376. The van der Waals surface area contributed by atoms with E-state index in [2.05, 4.69) is 4.52 Å². The Balaban J connectivity index is 2.30. The SMILES string of the molecule is N=NSF. The van der Waals surface area contributed by atoms with E-state index in [0.717, 1.165) is 0 Å². The van der Waals surface area contributed by atoms with Crippen LogP contribution in [0.2, 0.25) is 0 Å². The summed E-state index contributed by atoms with van der Waals surface area (Å²) >= 11 is -0.352. The predicted molar refractivity (Wildman–Crippen MR) is 13.8 cm³/mol. The second-order valence-corrected chi connectivity index (χ2v) is 0.481. The number of halogens is 1. The first kappa shape index (κ1) is 3.88. The Bertz CT molecular complexity index is 20.0. The third-order valence-corrected chi connectivity index (χ3v) is 0.104. The van der Waals surface area contributed by atoms with Gasteiger partial charge in [-0.25, -0.2) is 0 Å². The molecule has 0 saturated heterocycles. The highest BCUT2D eigenvalue weighted by Gasteiger charge is 1.55. The molecular weight excluding hydrogens is 79.1 g/mol. The van der Waals surface area contributed by atoms with Crippen molar-refractivity contribution in [2.24, 2.45) is 4.52 Å². The highest BCUT2D eigenvalue weighted by atomic mass is 32.2. The van der Waals surface area contributed by atoms with Crippen molar-refractivity contribution in [2.45, 2.75) is 0 Å². The average Bonchev–Trinajstić information content (AvgIpc) is 1.37. The van der Waals surface area contributed by atoms with E-state index < -0.39 is 0 Å². The highest BCUT2D eigenvalue weighted by molar-refractivity contribution is 7.92.